The molecule has 0 saturated carbocycles. The molecule has 0 radical (unpaired) electrons. The molecule has 0 aromatic heterocycles. The number of para-hydroxylation sites is 1. The van der Waals surface area contributed by atoms with E-state index in [1.807, 2.05) is 25.1 Å². The molecule has 1 aliphatic carbocycles. The average Bonchev–Trinajstić information content (AvgIpc) is 2.56. The molecule has 1 aromatic rings. The molecule has 1 N–H and O–H groups in total. The van der Waals surface area contributed by atoms with Gasteiger partial charge in [-0.1, -0.05) is 43.7 Å². The topological polar surface area (TPSA) is 38.3 Å². The van der Waals surface area contributed by atoms with Crippen molar-refractivity contribution in [2.45, 2.75) is 64.9 Å². The molecule has 0 saturated heterocycles. The van der Waals surface area contributed by atoms with Crippen LogP contribution in [0.4, 0.5) is 0 Å². The second-order valence-corrected chi connectivity index (χ2v) is 6.60. The van der Waals surface area contributed by atoms with Crippen LogP contribution in [0.25, 0.3) is 0 Å². The van der Waals surface area contributed by atoms with Gasteiger partial charge in [0.1, 0.15) is 5.75 Å². The zero-order valence-corrected chi connectivity index (χ0v) is 14.6. The molecule has 23 heavy (non-hydrogen) atoms. The highest BCUT2D eigenvalue weighted by Crippen LogP contribution is 2.26. The van der Waals surface area contributed by atoms with Gasteiger partial charge in [-0.05, 0) is 56.6 Å². The van der Waals surface area contributed by atoms with E-state index in [1.165, 1.54) is 31.3 Å². The Morgan fingerprint density at radius 3 is 2.70 bits per heavy atom. The molecule has 1 aliphatic rings. The summed E-state index contributed by atoms with van der Waals surface area (Å²) in [6, 6.07) is 7.94. The van der Waals surface area contributed by atoms with Crippen molar-refractivity contribution in [3.63, 3.8) is 0 Å². The third-order valence-electron chi connectivity index (χ3n) is 4.34. The second kappa shape index (κ2) is 8.76. The minimum absolute atomic E-state index is 0.0417. The number of benzene rings is 1. The first-order valence-corrected chi connectivity index (χ1v) is 8.79. The van der Waals surface area contributed by atoms with E-state index in [-0.39, 0.29) is 5.91 Å². The number of rotatable bonds is 7. The van der Waals surface area contributed by atoms with E-state index in [1.54, 1.807) is 0 Å². The lowest BCUT2D eigenvalue weighted by Crippen LogP contribution is -2.37. The van der Waals surface area contributed by atoms with Crippen LogP contribution >= 0.6 is 0 Å². The van der Waals surface area contributed by atoms with E-state index in [0.717, 1.165) is 17.7 Å². The fourth-order valence-corrected chi connectivity index (χ4v) is 2.93. The van der Waals surface area contributed by atoms with Crippen LogP contribution in [0, 0.1) is 0 Å². The summed E-state index contributed by atoms with van der Waals surface area (Å²) in [6.45, 7) is 6.77. The zero-order chi connectivity index (χ0) is 16.7. The van der Waals surface area contributed by atoms with Crippen LogP contribution in [-0.2, 0) is 4.79 Å². The molecule has 3 heteroatoms. The Bertz CT molecular complexity index is 548. The van der Waals surface area contributed by atoms with Gasteiger partial charge in [0.2, 0.25) is 0 Å². The predicted molar refractivity (Wildman–Crippen MR) is 94.8 cm³/mol. The molecule has 0 aliphatic heterocycles. The van der Waals surface area contributed by atoms with Crippen molar-refractivity contribution < 1.29 is 9.53 Å². The van der Waals surface area contributed by atoms with Crippen molar-refractivity contribution in [1.29, 1.82) is 0 Å². The normalized spacial score (nSPS) is 15.9. The quantitative estimate of drug-likeness (QED) is 0.748. The van der Waals surface area contributed by atoms with Crippen LogP contribution in [0.5, 0.6) is 5.75 Å². The van der Waals surface area contributed by atoms with Crippen molar-refractivity contribution in [3.8, 4) is 5.75 Å². The lowest BCUT2D eigenvalue weighted by molar-refractivity contribution is -0.127. The molecule has 0 spiro atoms. The number of hydrogen-bond donors (Lipinski definition) is 1. The Labute approximate surface area is 140 Å². The first-order valence-electron chi connectivity index (χ1n) is 8.79. The van der Waals surface area contributed by atoms with E-state index in [2.05, 4.69) is 31.3 Å². The summed E-state index contributed by atoms with van der Waals surface area (Å²) in [4.78, 5) is 12.2. The third kappa shape index (κ3) is 5.42. The molecule has 3 nitrogen and oxygen atoms in total. The summed E-state index contributed by atoms with van der Waals surface area (Å²) in [7, 11) is 0. The minimum Gasteiger partial charge on any atom is -0.481 e. The van der Waals surface area contributed by atoms with Gasteiger partial charge >= 0.3 is 0 Å². The molecule has 126 valence electrons. The average molecular weight is 315 g/mol. The van der Waals surface area contributed by atoms with E-state index in [9.17, 15) is 4.79 Å². The molecule has 1 aromatic carbocycles. The highest BCUT2D eigenvalue weighted by atomic mass is 16.5. The minimum atomic E-state index is -0.477. The van der Waals surface area contributed by atoms with Crippen LogP contribution in [0.1, 0.15) is 64.4 Å². The maximum absolute atomic E-state index is 12.2. The number of nitrogens with one attached hydrogen (secondary N) is 1. The molecule has 0 bridgehead atoms. The van der Waals surface area contributed by atoms with Crippen molar-refractivity contribution in [1.82, 2.24) is 5.32 Å². The van der Waals surface area contributed by atoms with Crippen molar-refractivity contribution >= 4 is 5.91 Å². The third-order valence-corrected chi connectivity index (χ3v) is 4.34. The van der Waals surface area contributed by atoms with E-state index >= 15 is 0 Å². The Morgan fingerprint density at radius 1 is 1.22 bits per heavy atom. The number of ether oxygens (including phenoxy) is 1. The molecule has 0 fully saturated rings. The molecular weight excluding hydrogens is 286 g/mol. The smallest absolute Gasteiger partial charge is 0.260 e. The molecule has 2 rings (SSSR count). The molecule has 1 amide bonds. The number of allylic oxidation sites excluding steroid dienone is 1. The van der Waals surface area contributed by atoms with Crippen LogP contribution in [-0.4, -0.2) is 18.6 Å². The van der Waals surface area contributed by atoms with Gasteiger partial charge < -0.3 is 10.1 Å². The maximum Gasteiger partial charge on any atom is 0.260 e. The second-order valence-electron chi connectivity index (χ2n) is 6.60. The number of amides is 1. The molecule has 1 unspecified atom stereocenters. The summed E-state index contributed by atoms with van der Waals surface area (Å²) < 4.78 is 5.88. The molecule has 0 heterocycles. The Balaban J connectivity index is 1.82. The Kier molecular flexibility index (Phi) is 6.69. The van der Waals surface area contributed by atoms with E-state index < -0.39 is 6.10 Å². The molecular formula is C20H29NO2. The van der Waals surface area contributed by atoms with Gasteiger partial charge in [0.25, 0.3) is 5.91 Å². The first kappa shape index (κ1) is 17.6. The summed E-state index contributed by atoms with van der Waals surface area (Å²) in [5.74, 6) is 1.14. The fraction of sp³-hybridized carbons (Fsp3) is 0.550. The highest BCUT2D eigenvalue weighted by molar-refractivity contribution is 5.80. The summed E-state index contributed by atoms with van der Waals surface area (Å²) in [5, 5.41) is 2.99. The van der Waals surface area contributed by atoms with Crippen LogP contribution in [0.3, 0.4) is 0 Å². The fourth-order valence-electron chi connectivity index (χ4n) is 2.93. The number of hydrogen-bond acceptors (Lipinski definition) is 2. The molecule has 1 atom stereocenters. The first-order chi connectivity index (χ1) is 11.1. The maximum atomic E-state index is 12.2. The van der Waals surface area contributed by atoms with Gasteiger partial charge in [0.15, 0.2) is 6.10 Å². The van der Waals surface area contributed by atoms with Gasteiger partial charge in [0.05, 0.1) is 0 Å². The number of carbonyl (C=O) groups is 1. The van der Waals surface area contributed by atoms with Crippen molar-refractivity contribution in [3.05, 3.63) is 41.5 Å². The van der Waals surface area contributed by atoms with Crippen molar-refractivity contribution in [2.24, 2.45) is 0 Å². The van der Waals surface area contributed by atoms with Crippen molar-refractivity contribution in [2.75, 3.05) is 6.54 Å². The largest absolute Gasteiger partial charge is 0.481 e. The Morgan fingerprint density at radius 2 is 2.00 bits per heavy atom. The van der Waals surface area contributed by atoms with Gasteiger partial charge in [-0.25, -0.2) is 0 Å². The summed E-state index contributed by atoms with van der Waals surface area (Å²) >= 11 is 0. The SMILES string of the molecule is CC(Oc1ccccc1C(C)C)C(=O)NCCC1=CCCCC1. The Hall–Kier alpha value is -1.77. The van der Waals surface area contributed by atoms with Gasteiger partial charge in [-0.3, -0.25) is 4.79 Å². The highest BCUT2D eigenvalue weighted by Gasteiger charge is 2.17. The monoisotopic (exact) mass is 315 g/mol. The van der Waals surface area contributed by atoms with E-state index in [4.69, 9.17) is 4.74 Å². The van der Waals surface area contributed by atoms with Crippen LogP contribution in [0.2, 0.25) is 0 Å². The predicted octanol–water partition coefficient (Wildman–Crippen LogP) is 4.58. The van der Waals surface area contributed by atoms with Crippen LogP contribution < -0.4 is 10.1 Å². The summed E-state index contributed by atoms with van der Waals surface area (Å²) in [5.41, 5.74) is 2.62. The van der Waals surface area contributed by atoms with Gasteiger partial charge in [-0.2, -0.15) is 0 Å². The lowest BCUT2D eigenvalue weighted by Gasteiger charge is -2.19. The van der Waals surface area contributed by atoms with Gasteiger partial charge in [0, 0.05) is 6.54 Å². The van der Waals surface area contributed by atoms with Crippen LogP contribution in [0.15, 0.2) is 35.9 Å². The van der Waals surface area contributed by atoms with E-state index in [0.29, 0.717) is 12.5 Å². The number of carbonyl (C=O) groups excluding carboxylic acids is 1. The van der Waals surface area contributed by atoms with Gasteiger partial charge in [-0.15, -0.1) is 0 Å². The summed E-state index contributed by atoms with van der Waals surface area (Å²) in [6.07, 6.45) is 7.77. The zero-order valence-electron chi connectivity index (χ0n) is 14.6. The standard InChI is InChI=1S/C20H29NO2/c1-15(2)18-11-7-8-12-19(18)23-16(3)20(22)21-14-13-17-9-5-4-6-10-17/h7-9,11-12,15-16H,4-6,10,13-14H2,1-3H3,(H,21,22). The lowest BCUT2D eigenvalue weighted by atomic mass is 9.97.